The number of likely N-dealkylation sites (tertiary alicyclic amines) is 2. The third kappa shape index (κ3) is 8.18. The second-order valence-corrected chi connectivity index (χ2v) is 8.69. The Hall–Kier alpha value is -0.900. The SMILES string of the molecule is CCNC(=NCCN(C)CCOC)N1CCC2C(CCCN2Cc2ccccc2)C1.I. The molecule has 7 heteroatoms. The summed E-state index contributed by atoms with van der Waals surface area (Å²) in [6.45, 7) is 11.1. The number of hydrogen-bond donors (Lipinski definition) is 1. The van der Waals surface area contributed by atoms with Crippen LogP contribution in [0.4, 0.5) is 0 Å². The number of nitrogens with one attached hydrogen (secondary N) is 1. The molecule has 2 fully saturated rings. The number of nitrogens with zero attached hydrogens (tertiary/aromatic N) is 4. The molecule has 6 nitrogen and oxygen atoms in total. The Balaban J connectivity index is 0.00000341. The Morgan fingerprint density at radius 1 is 1.19 bits per heavy atom. The predicted octanol–water partition coefficient (Wildman–Crippen LogP) is 3.13. The van der Waals surface area contributed by atoms with Gasteiger partial charge in [-0.05, 0) is 51.3 Å². The second-order valence-electron chi connectivity index (χ2n) is 8.69. The van der Waals surface area contributed by atoms with Crippen molar-refractivity contribution in [3.63, 3.8) is 0 Å². The first-order valence-electron chi connectivity index (χ1n) is 11.7. The van der Waals surface area contributed by atoms with Gasteiger partial charge in [0, 0.05) is 52.4 Å². The summed E-state index contributed by atoms with van der Waals surface area (Å²) in [4.78, 5) is 12.5. The van der Waals surface area contributed by atoms with Gasteiger partial charge in [0.1, 0.15) is 0 Å². The largest absolute Gasteiger partial charge is 0.383 e. The minimum atomic E-state index is 0. The maximum atomic E-state index is 5.17. The smallest absolute Gasteiger partial charge is 0.193 e. The highest BCUT2D eigenvalue weighted by atomic mass is 127. The van der Waals surface area contributed by atoms with Gasteiger partial charge in [-0.3, -0.25) is 9.89 Å². The Morgan fingerprint density at radius 3 is 2.74 bits per heavy atom. The molecule has 2 heterocycles. The quantitative estimate of drug-likeness (QED) is 0.295. The van der Waals surface area contributed by atoms with E-state index in [9.17, 15) is 0 Å². The molecule has 2 saturated heterocycles. The monoisotopic (exact) mass is 543 g/mol. The standard InChI is InChI=1S/C24H41N5O.HI/c1-4-25-24(26-13-16-27(2)17-18-30-3)29-15-12-23-22(20-29)11-8-14-28(23)19-21-9-6-5-7-10-21;/h5-7,9-10,22-23H,4,8,11-20H2,1-3H3,(H,25,26);1H. The Kier molecular flexibility index (Phi) is 12.1. The maximum absolute atomic E-state index is 5.17. The number of aliphatic imine (C=N–C) groups is 1. The lowest BCUT2D eigenvalue weighted by atomic mass is 9.83. The van der Waals surface area contributed by atoms with Crippen LogP contribution in [0.5, 0.6) is 0 Å². The number of likely N-dealkylation sites (N-methyl/N-ethyl adjacent to an activating group) is 1. The molecular formula is C24H42IN5O. The van der Waals surface area contributed by atoms with E-state index in [1.54, 1.807) is 7.11 Å². The lowest BCUT2D eigenvalue weighted by Crippen LogP contribution is -2.56. The number of hydrogen-bond acceptors (Lipinski definition) is 4. The molecule has 2 atom stereocenters. The van der Waals surface area contributed by atoms with Crippen molar-refractivity contribution in [2.24, 2.45) is 10.9 Å². The van der Waals surface area contributed by atoms with Crippen LogP contribution in [-0.2, 0) is 11.3 Å². The van der Waals surface area contributed by atoms with E-state index >= 15 is 0 Å². The molecule has 0 aromatic heterocycles. The number of halogens is 1. The third-order valence-electron chi connectivity index (χ3n) is 6.47. The van der Waals surface area contributed by atoms with Gasteiger partial charge in [0.2, 0.25) is 0 Å². The van der Waals surface area contributed by atoms with E-state index in [2.05, 4.69) is 64.3 Å². The van der Waals surface area contributed by atoms with Crippen molar-refractivity contribution in [1.29, 1.82) is 0 Å². The van der Waals surface area contributed by atoms with Crippen LogP contribution in [0.25, 0.3) is 0 Å². The zero-order valence-corrected chi connectivity index (χ0v) is 22.0. The van der Waals surface area contributed by atoms with E-state index in [0.717, 1.165) is 64.3 Å². The lowest BCUT2D eigenvalue weighted by Gasteiger charge is -2.48. The van der Waals surface area contributed by atoms with Gasteiger partial charge >= 0.3 is 0 Å². The van der Waals surface area contributed by atoms with E-state index in [1.165, 1.54) is 31.4 Å². The van der Waals surface area contributed by atoms with Crippen LogP contribution in [-0.4, -0.2) is 93.3 Å². The summed E-state index contributed by atoms with van der Waals surface area (Å²) in [5.41, 5.74) is 1.44. The van der Waals surface area contributed by atoms with Gasteiger partial charge in [0.15, 0.2) is 5.96 Å². The average Bonchev–Trinajstić information content (AvgIpc) is 2.77. The van der Waals surface area contributed by atoms with E-state index in [1.807, 2.05) is 0 Å². The van der Waals surface area contributed by atoms with Gasteiger partial charge in [-0.1, -0.05) is 30.3 Å². The fourth-order valence-corrected chi connectivity index (χ4v) is 4.82. The number of guanidine groups is 1. The molecule has 2 aliphatic heterocycles. The maximum Gasteiger partial charge on any atom is 0.193 e. The van der Waals surface area contributed by atoms with Gasteiger partial charge in [-0.15, -0.1) is 24.0 Å². The number of ether oxygens (including phenoxy) is 1. The summed E-state index contributed by atoms with van der Waals surface area (Å²) in [5, 5.41) is 3.53. The fraction of sp³-hybridized carbons (Fsp3) is 0.708. The number of benzene rings is 1. The van der Waals surface area contributed by atoms with Crippen LogP contribution in [0.3, 0.4) is 0 Å². The molecule has 1 N–H and O–H groups in total. The van der Waals surface area contributed by atoms with Gasteiger partial charge in [-0.2, -0.15) is 0 Å². The van der Waals surface area contributed by atoms with E-state index in [-0.39, 0.29) is 24.0 Å². The highest BCUT2D eigenvalue weighted by Crippen LogP contribution is 2.31. The van der Waals surface area contributed by atoms with Crippen molar-refractivity contribution in [2.75, 3.05) is 66.6 Å². The number of piperidine rings is 2. The zero-order valence-electron chi connectivity index (χ0n) is 19.6. The predicted molar refractivity (Wildman–Crippen MR) is 140 cm³/mol. The molecule has 31 heavy (non-hydrogen) atoms. The molecule has 0 saturated carbocycles. The van der Waals surface area contributed by atoms with Gasteiger partial charge in [0.05, 0.1) is 13.2 Å². The Labute approximate surface area is 206 Å². The molecule has 0 spiro atoms. The van der Waals surface area contributed by atoms with Crippen molar-refractivity contribution in [2.45, 2.75) is 38.8 Å². The number of fused-ring (bicyclic) bond motifs is 1. The molecule has 0 amide bonds. The molecule has 0 radical (unpaired) electrons. The van der Waals surface area contributed by atoms with Crippen molar-refractivity contribution >= 4 is 29.9 Å². The van der Waals surface area contributed by atoms with Crippen LogP contribution < -0.4 is 5.32 Å². The van der Waals surface area contributed by atoms with Crippen LogP contribution in [0.15, 0.2) is 35.3 Å². The summed E-state index contributed by atoms with van der Waals surface area (Å²) < 4.78 is 5.17. The first kappa shape index (κ1) is 26.4. The molecule has 1 aromatic rings. The van der Waals surface area contributed by atoms with Crippen LogP contribution in [0.2, 0.25) is 0 Å². The summed E-state index contributed by atoms with van der Waals surface area (Å²) >= 11 is 0. The van der Waals surface area contributed by atoms with Crippen LogP contribution in [0.1, 0.15) is 31.7 Å². The highest BCUT2D eigenvalue weighted by molar-refractivity contribution is 14.0. The van der Waals surface area contributed by atoms with Gasteiger partial charge in [-0.25, -0.2) is 0 Å². The van der Waals surface area contributed by atoms with Crippen LogP contribution >= 0.6 is 24.0 Å². The molecule has 2 aliphatic rings. The van der Waals surface area contributed by atoms with E-state index in [4.69, 9.17) is 9.73 Å². The fourth-order valence-electron chi connectivity index (χ4n) is 4.82. The normalized spacial score (nSPS) is 22.2. The lowest BCUT2D eigenvalue weighted by molar-refractivity contribution is 0.0372. The van der Waals surface area contributed by atoms with Crippen molar-refractivity contribution < 1.29 is 4.74 Å². The third-order valence-corrected chi connectivity index (χ3v) is 6.47. The first-order chi connectivity index (χ1) is 14.7. The minimum absolute atomic E-state index is 0. The summed E-state index contributed by atoms with van der Waals surface area (Å²) in [7, 11) is 3.89. The van der Waals surface area contributed by atoms with Crippen LogP contribution in [0, 0.1) is 5.92 Å². The molecular weight excluding hydrogens is 501 g/mol. The van der Waals surface area contributed by atoms with E-state index in [0.29, 0.717) is 6.04 Å². The summed E-state index contributed by atoms with van der Waals surface area (Å²) in [6.07, 6.45) is 3.88. The number of rotatable bonds is 9. The van der Waals surface area contributed by atoms with E-state index < -0.39 is 0 Å². The first-order valence-corrected chi connectivity index (χ1v) is 11.7. The van der Waals surface area contributed by atoms with Gasteiger partial charge in [0.25, 0.3) is 0 Å². The van der Waals surface area contributed by atoms with Crippen molar-refractivity contribution in [3.05, 3.63) is 35.9 Å². The van der Waals surface area contributed by atoms with Gasteiger partial charge < -0.3 is 19.9 Å². The molecule has 0 bridgehead atoms. The topological polar surface area (TPSA) is 43.3 Å². The second kappa shape index (κ2) is 14.3. The molecule has 1 aromatic carbocycles. The van der Waals surface area contributed by atoms with Crippen molar-refractivity contribution in [1.82, 2.24) is 20.0 Å². The summed E-state index contributed by atoms with van der Waals surface area (Å²) in [5.74, 6) is 1.83. The highest BCUT2D eigenvalue weighted by Gasteiger charge is 2.36. The molecule has 2 unspecified atom stereocenters. The number of methoxy groups -OCH3 is 1. The zero-order chi connectivity index (χ0) is 21.2. The summed E-state index contributed by atoms with van der Waals surface area (Å²) in [6, 6.07) is 11.7. The minimum Gasteiger partial charge on any atom is -0.383 e. The van der Waals surface area contributed by atoms with Crippen molar-refractivity contribution in [3.8, 4) is 0 Å². The average molecular weight is 544 g/mol. The molecule has 3 rings (SSSR count). The Bertz CT molecular complexity index is 644. The Morgan fingerprint density at radius 2 is 2.00 bits per heavy atom. The molecule has 0 aliphatic carbocycles. The molecule has 176 valence electrons.